The number of rotatable bonds is 9. The molecule has 0 bridgehead atoms. The van der Waals surface area contributed by atoms with Gasteiger partial charge >= 0.3 is 0 Å². The zero-order chi connectivity index (χ0) is 21.2. The maximum Gasteiger partial charge on any atom is 0.251 e. The summed E-state index contributed by atoms with van der Waals surface area (Å²) >= 11 is 0. The second-order valence-electron chi connectivity index (χ2n) is 8.49. The van der Waals surface area contributed by atoms with Crippen LogP contribution in [-0.4, -0.2) is 50.3 Å². The van der Waals surface area contributed by atoms with E-state index in [0.29, 0.717) is 24.3 Å². The van der Waals surface area contributed by atoms with Crippen molar-refractivity contribution < 1.29 is 19.1 Å². The molecule has 0 aliphatic heterocycles. The number of carbonyl (C=O) groups excluding carboxylic acids is 2. The third kappa shape index (κ3) is 4.55. The van der Waals surface area contributed by atoms with Crippen LogP contribution >= 0.6 is 0 Å². The summed E-state index contributed by atoms with van der Waals surface area (Å²) in [6, 6.07) is 15.0. The molecule has 0 atom stereocenters. The monoisotopic (exact) mass is 408 g/mol. The molecule has 2 amide bonds. The number of carbonyl (C=O) groups is 2. The normalized spacial score (nSPS) is 17.8. The molecule has 0 aromatic heterocycles. The van der Waals surface area contributed by atoms with Gasteiger partial charge in [0.1, 0.15) is 0 Å². The second-order valence-corrected chi connectivity index (χ2v) is 8.49. The Morgan fingerprint density at radius 3 is 1.30 bits per heavy atom. The lowest BCUT2D eigenvalue weighted by atomic mass is 10.0. The van der Waals surface area contributed by atoms with E-state index in [-0.39, 0.29) is 22.9 Å². The average molecular weight is 408 g/mol. The highest BCUT2D eigenvalue weighted by Crippen LogP contribution is 2.36. The average Bonchev–Trinajstić information content (AvgIpc) is 3.68. The Morgan fingerprint density at radius 1 is 0.700 bits per heavy atom. The summed E-state index contributed by atoms with van der Waals surface area (Å²) in [6.07, 6.45) is 3.82. The van der Waals surface area contributed by atoms with Gasteiger partial charge in [-0.15, -0.1) is 0 Å². The van der Waals surface area contributed by atoms with Crippen molar-refractivity contribution in [2.24, 2.45) is 0 Å². The van der Waals surface area contributed by atoms with Gasteiger partial charge in [0.25, 0.3) is 11.8 Å². The third-order valence-corrected chi connectivity index (χ3v) is 5.93. The van der Waals surface area contributed by atoms with Gasteiger partial charge in [0, 0.05) is 25.3 Å². The van der Waals surface area contributed by atoms with E-state index in [2.05, 4.69) is 10.6 Å². The zero-order valence-electron chi connectivity index (χ0n) is 17.5. The Labute approximate surface area is 177 Å². The third-order valence-electron chi connectivity index (χ3n) is 5.93. The molecule has 0 saturated heterocycles. The Bertz CT molecular complexity index is 836. The van der Waals surface area contributed by atoms with Crippen molar-refractivity contribution in [2.45, 2.75) is 36.8 Å². The largest absolute Gasteiger partial charge is 0.382 e. The van der Waals surface area contributed by atoms with Crippen LogP contribution in [0.2, 0.25) is 0 Å². The molecular weight excluding hydrogens is 380 g/mol. The molecule has 6 nitrogen and oxygen atoms in total. The number of hydrogen-bond donors (Lipinski definition) is 2. The van der Waals surface area contributed by atoms with Crippen LogP contribution in [0.5, 0.6) is 0 Å². The molecule has 2 saturated carbocycles. The van der Waals surface area contributed by atoms with Crippen molar-refractivity contribution in [3.63, 3.8) is 0 Å². The van der Waals surface area contributed by atoms with Gasteiger partial charge in [-0.05, 0) is 61.1 Å². The molecule has 158 valence electrons. The summed E-state index contributed by atoms with van der Waals surface area (Å²) in [6.45, 7) is 1.09. The number of nitrogens with one attached hydrogen (secondary N) is 2. The van der Waals surface area contributed by atoms with Crippen molar-refractivity contribution in [2.75, 3.05) is 27.4 Å². The van der Waals surface area contributed by atoms with Crippen molar-refractivity contribution in [3.05, 3.63) is 59.7 Å². The quantitative estimate of drug-likeness (QED) is 0.668. The van der Waals surface area contributed by atoms with Crippen LogP contribution in [0.4, 0.5) is 0 Å². The minimum atomic E-state index is -0.191. The fraction of sp³-hybridized carbons (Fsp3) is 0.417. The smallest absolute Gasteiger partial charge is 0.251 e. The highest BCUT2D eigenvalue weighted by molar-refractivity contribution is 5.96. The highest BCUT2D eigenvalue weighted by atomic mass is 16.5. The second kappa shape index (κ2) is 8.20. The molecule has 30 heavy (non-hydrogen) atoms. The van der Waals surface area contributed by atoms with Gasteiger partial charge in [-0.2, -0.15) is 0 Å². The van der Waals surface area contributed by atoms with Crippen LogP contribution in [0.1, 0.15) is 46.4 Å². The highest BCUT2D eigenvalue weighted by Gasteiger charge is 2.44. The van der Waals surface area contributed by atoms with Gasteiger partial charge in [0.05, 0.1) is 24.3 Å². The maximum atomic E-state index is 12.5. The van der Waals surface area contributed by atoms with Crippen molar-refractivity contribution in [1.29, 1.82) is 0 Å². The summed E-state index contributed by atoms with van der Waals surface area (Å²) < 4.78 is 10.4. The predicted octanol–water partition coefficient (Wildman–Crippen LogP) is 3.17. The molecule has 0 heterocycles. The fourth-order valence-corrected chi connectivity index (χ4v) is 3.72. The molecule has 6 heteroatoms. The van der Waals surface area contributed by atoms with E-state index in [1.165, 1.54) is 0 Å². The topological polar surface area (TPSA) is 76.7 Å². The molecule has 4 rings (SSSR count). The van der Waals surface area contributed by atoms with Crippen LogP contribution in [0.3, 0.4) is 0 Å². The molecule has 2 fully saturated rings. The maximum absolute atomic E-state index is 12.5. The van der Waals surface area contributed by atoms with Gasteiger partial charge in [0.2, 0.25) is 0 Å². The minimum absolute atomic E-state index is 0.0758. The van der Waals surface area contributed by atoms with E-state index in [4.69, 9.17) is 9.47 Å². The molecule has 2 N–H and O–H groups in total. The van der Waals surface area contributed by atoms with Crippen molar-refractivity contribution in [3.8, 4) is 11.1 Å². The zero-order valence-corrected chi connectivity index (χ0v) is 17.5. The minimum Gasteiger partial charge on any atom is -0.382 e. The summed E-state index contributed by atoms with van der Waals surface area (Å²) in [5.74, 6) is -0.152. The first-order chi connectivity index (χ1) is 14.5. The number of benzene rings is 2. The number of methoxy groups -OCH3 is 2. The van der Waals surface area contributed by atoms with Crippen LogP contribution in [0.25, 0.3) is 11.1 Å². The summed E-state index contributed by atoms with van der Waals surface area (Å²) in [5, 5.41) is 6.16. The molecule has 2 aromatic rings. The first-order valence-corrected chi connectivity index (χ1v) is 10.3. The lowest BCUT2D eigenvalue weighted by Crippen LogP contribution is -2.40. The standard InChI is InChI=1S/C24H28N2O4/c1-29-15-23(11-12-23)25-21(27)19-7-3-17(4-8-19)18-5-9-20(10-6-18)22(28)26-24(13-14-24)16-30-2/h3-10H,11-16H2,1-2H3,(H,25,27)(H,26,28). The van der Waals surface area contributed by atoms with Crippen molar-refractivity contribution >= 4 is 11.8 Å². The van der Waals surface area contributed by atoms with Gasteiger partial charge in [0.15, 0.2) is 0 Å². The molecule has 0 radical (unpaired) electrons. The SMILES string of the molecule is COCC1(NC(=O)c2ccc(-c3ccc(C(=O)NC4(COC)CC4)cc3)cc2)CC1. The molecule has 2 aliphatic carbocycles. The van der Waals surface area contributed by atoms with Crippen molar-refractivity contribution in [1.82, 2.24) is 10.6 Å². The van der Waals surface area contributed by atoms with Gasteiger partial charge in [-0.3, -0.25) is 9.59 Å². The molecule has 2 aromatic carbocycles. The Kier molecular flexibility index (Phi) is 5.62. The summed E-state index contributed by atoms with van der Waals surface area (Å²) in [4.78, 5) is 25.0. The molecule has 2 aliphatic rings. The van der Waals surface area contributed by atoms with Gasteiger partial charge < -0.3 is 20.1 Å². The first kappa shape index (κ1) is 20.6. The van der Waals surface area contributed by atoms with E-state index in [1.54, 1.807) is 14.2 Å². The Hall–Kier alpha value is -2.70. The fourth-order valence-electron chi connectivity index (χ4n) is 3.72. The summed E-state index contributed by atoms with van der Waals surface area (Å²) in [7, 11) is 3.30. The molecular formula is C24H28N2O4. The van der Waals surface area contributed by atoms with E-state index in [1.807, 2.05) is 48.5 Å². The van der Waals surface area contributed by atoms with E-state index >= 15 is 0 Å². The van der Waals surface area contributed by atoms with Gasteiger partial charge in [-0.25, -0.2) is 0 Å². The number of amides is 2. The van der Waals surface area contributed by atoms with E-state index in [0.717, 1.165) is 36.8 Å². The van der Waals surface area contributed by atoms with E-state index in [9.17, 15) is 9.59 Å². The van der Waals surface area contributed by atoms with E-state index < -0.39 is 0 Å². The predicted molar refractivity (Wildman–Crippen MR) is 114 cm³/mol. The van der Waals surface area contributed by atoms with Gasteiger partial charge in [-0.1, -0.05) is 24.3 Å². The number of hydrogen-bond acceptors (Lipinski definition) is 4. The lowest BCUT2D eigenvalue weighted by molar-refractivity contribution is 0.0874. The first-order valence-electron chi connectivity index (χ1n) is 10.3. The lowest BCUT2D eigenvalue weighted by Gasteiger charge is -2.16. The molecule has 0 spiro atoms. The summed E-state index contributed by atoms with van der Waals surface area (Å²) in [5.41, 5.74) is 2.87. The van der Waals surface area contributed by atoms with Crippen LogP contribution in [-0.2, 0) is 9.47 Å². The number of ether oxygens (including phenoxy) is 2. The Balaban J connectivity index is 1.38. The van der Waals surface area contributed by atoms with Crippen LogP contribution in [0.15, 0.2) is 48.5 Å². The molecule has 0 unspecified atom stereocenters. The Morgan fingerprint density at radius 2 is 1.03 bits per heavy atom. The van der Waals surface area contributed by atoms with Crippen LogP contribution < -0.4 is 10.6 Å². The van der Waals surface area contributed by atoms with Crippen LogP contribution in [0, 0.1) is 0 Å².